The highest BCUT2D eigenvalue weighted by molar-refractivity contribution is 6.06. The number of hydrogen-bond acceptors (Lipinski definition) is 4. The molecule has 3 amide bonds. The lowest BCUT2D eigenvalue weighted by Crippen LogP contribution is -2.34. The minimum atomic E-state index is -0.316. The second-order valence-corrected chi connectivity index (χ2v) is 6.73. The maximum absolute atomic E-state index is 12.4. The Bertz CT molecular complexity index is 704. The van der Waals surface area contributed by atoms with Crippen LogP contribution in [0.5, 0.6) is 0 Å². The summed E-state index contributed by atoms with van der Waals surface area (Å²) in [5.41, 5.74) is 0.892. The number of likely N-dealkylation sites (tertiary alicyclic amines) is 1. The molecule has 1 saturated carbocycles. The van der Waals surface area contributed by atoms with Crippen molar-refractivity contribution < 1.29 is 19.2 Å². The van der Waals surface area contributed by atoms with E-state index in [0.717, 1.165) is 25.7 Å². The number of para-hydroxylation sites is 1. The molecule has 1 aliphatic heterocycles. The number of carbonyl (C=O) groups excluding carboxylic acids is 4. The van der Waals surface area contributed by atoms with Crippen molar-refractivity contribution in [3.8, 4) is 0 Å². The predicted octanol–water partition coefficient (Wildman–Crippen LogP) is 2.39. The molecule has 2 fully saturated rings. The van der Waals surface area contributed by atoms with Crippen molar-refractivity contribution in [2.24, 2.45) is 11.8 Å². The van der Waals surface area contributed by atoms with Crippen LogP contribution < -0.4 is 5.32 Å². The third kappa shape index (κ3) is 3.48. The van der Waals surface area contributed by atoms with E-state index in [2.05, 4.69) is 5.32 Å². The lowest BCUT2D eigenvalue weighted by Gasteiger charge is -2.19. The van der Waals surface area contributed by atoms with Crippen LogP contribution in [0.2, 0.25) is 0 Å². The van der Waals surface area contributed by atoms with Gasteiger partial charge in [-0.2, -0.15) is 0 Å². The third-order valence-electron chi connectivity index (χ3n) is 5.08. The Hall–Kier alpha value is -2.50. The quantitative estimate of drug-likeness (QED) is 0.658. The van der Waals surface area contributed by atoms with Gasteiger partial charge in [0.1, 0.15) is 0 Å². The molecule has 1 aromatic carbocycles. The number of nitrogens with zero attached hydrogens (tertiary/aromatic N) is 1. The van der Waals surface area contributed by atoms with Gasteiger partial charge in [-0.15, -0.1) is 0 Å². The minimum Gasteiger partial charge on any atom is -0.325 e. The predicted molar refractivity (Wildman–Crippen MR) is 91.9 cm³/mol. The maximum atomic E-state index is 12.4. The van der Waals surface area contributed by atoms with Crippen LogP contribution in [0.1, 0.15) is 49.4 Å². The van der Waals surface area contributed by atoms with Crippen LogP contribution >= 0.6 is 0 Å². The van der Waals surface area contributed by atoms with Gasteiger partial charge in [-0.25, -0.2) is 0 Å². The molecule has 0 unspecified atom stereocenters. The summed E-state index contributed by atoms with van der Waals surface area (Å²) in [6, 6.07) is 6.78. The second kappa shape index (κ2) is 7.17. The fraction of sp³-hybridized carbons (Fsp3) is 0.474. The largest absolute Gasteiger partial charge is 0.325 e. The highest BCUT2D eigenvalue weighted by Gasteiger charge is 2.47. The SMILES string of the molecule is CC(=O)c1ccccc1NC(=O)CCN1C(=O)[C@@H]2CCCC[C@H]2C1=O. The molecule has 1 aliphatic carbocycles. The van der Waals surface area contributed by atoms with Crippen molar-refractivity contribution in [2.75, 3.05) is 11.9 Å². The molecule has 0 aromatic heterocycles. The van der Waals surface area contributed by atoms with Gasteiger partial charge in [0.05, 0.1) is 17.5 Å². The van der Waals surface area contributed by atoms with Gasteiger partial charge in [-0.05, 0) is 31.9 Å². The van der Waals surface area contributed by atoms with E-state index in [1.54, 1.807) is 24.3 Å². The van der Waals surface area contributed by atoms with Crippen LogP contribution in [0.4, 0.5) is 5.69 Å². The first-order chi connectivity index (χ1) is 12.0. The van der Waals surface area contributed by atoms with Crippen LogP contribution in [0, 0.1) is 11.8 Å². The summed E-state index contributed by atoms with van der Waals surface area (Å²) in [4.78, 5) is 49.8. The summed E-state index contributed by atoms with van der Waals surface area (Å²) < 4.78 is 0. The molecule has 1 aromatic rings. The number of carbonyl (C=O) groups is 4. The zero-order chi connectivity index (χ0) is 18.0. The average Bonchev–Trinajstić information content (AvgIpc) is 2.85. The molecule has 2 aliphatic rings. The van der Waals surface area contributed by atoms with Gasteiger partial charge in [0.15, 0.2) is 5.78 Å². The standard InChI is InChI=1S/C19H22N2O4/c1-12(22)13-6-4-5-9-16(13)20-17(23)10-11-21-18(24)14-7-2-3-8-15(14)19(21)25/h4-6,9,14-15H,2-3,7-8,10-11H2,1H3,(H,20,23)/t14-,15-/m1/s1. The molecule has 0 bridgehead atoms. The fourth-order valence-corrected chi connectivity index (χ4v) is 3.78. The van der Waals surface area contributed by atoms with E-state index in [9.17, 15) is 19.2 Å². The zero-order valence-electron chi connectivity index (χ0n) is 14.3. The number of Topliss-reactive ketones (excluding diaryl/α,β-unsaturated/α-hetero) is 1. The summed E-state index contributed by atoms with van der Waals surface area (Å²) in [7, 11) is 0. The molecule has 1 N–H and O–H groups in total. The monoisotopic (exact) mass is 342 g/mol. The molecular weight excluding hydrogens is 320 g/mol. The van der Waals surface area contributed by atoms with Crippen LogP contribution in [-0.4, -0.2) is 34.9 Å². The Kier molecular flexibility index (Phi) is 4.97. The smallest absolute Gasteiger partial charge is 0.233 e. The highest BCUT2D eigenvalue weighted by Crippen LogP contribution is 2.37. The highest BCUT2D eigenvalue weighted by atomic mass is 16.2. The van der Waals surface area contributed by atoms with E-state index in [1.165, 1.54) is 11.8 Å². The van der Waals surface area contributed by atoms with Gasteiger partial charge >= 0.3 is 0 Å². The molecule has 0 radical (unpaired) electrons. The lowest BCUT2D eigenvalue weighted by atomic mass is 9.81. The van der Waals surface area contributed by atoms with Crippen molar-refractivity contribution in [3.05, 3.63) is 29.8 Å². The van der Waals surface area contributed by atoms with Gasteiger partial charge in [0.25, 0.3) is 0 Å². The third-order valence-corrected chi connectivity index (χ3v) is 5.08. The topological polar surface area (TPSA) is 83.6 Å². The number of benzene rings is 1. The van der Waals surface area contributed by atoms with Crippen LogP contribution in [0.3, 0.4) is 0 Å². The van der Waals surface area contributed by atoms with Gasteiger partial charge in [-0.1, -0.05) is 25.0 Å². The number of hydrogen-bond donors (Lipinski definition) is 1. The summed E-state index contributed by atoms with van der Waals surface area (Å²) in [6.07, 6.45) is 3.53. The summed E-state index contributed by atoms with van der Waals surface area (Å²) >= 11 is 0. The van der Waals surface area contributed by atoms with Gasteiger partial charge in [-0.3, -0.25) is 24.1 Å². The molecule has 132 valence electrons. The number of amides is 3. The van der Waals surface area contributed by atoms with E-state index >= 15 is 0 Å². The Balaban J connectivity index is 1.60. The number of fused-ring (bicyclic) bond motifs is 1. The van der Waals surface area contributed by atoms with E-state index in [1.807, 2.05) is 0 Å². The number of anilines is 1. The van der Waals surface area contributed by atoms with E-state index in [0.29, 0.717) is 11.3 Å². The summed E-state index contributed by atoms with van der Waals surface area (Å²) in [5.74, 6) is -1.10. The minimum absolute atomic E-state index is 0.0309. The van der Waals surface area contributed by atoms with Crippen molar-refractivity contribution in [1.29, 1.82) is 0 Å². The average molecular weight is 342 g/mol. The number of imide groups is 1. The summed E-state index contributed by atoms with van der Waals surface area (Å²) in [5, 5.41) is 2.70. The second-order valence-electron chi connectivity index (χ2n) is 6.73. The number of nitrogens with one attached hydrogen (secondary N) is 1. The van der Waals surface area contributed by atoms with Gasteiger partial charge in [0.2, 0.25) is 17.7 Å². The van der Waals surface area contributed by atoms with E-state index in [-0.39, 0.29) is 48.3 Å². The molecule has 1 saturated heterocycles. The molecule has 2 atom stereocenters. The first kappa shape index (κ1) is 17.3. The van der Waals surface area contributed by atoms with Crippen molar-refractivity contribution >= 4 is 29.2 Å². The van der Waals surface area contributed by atoms with Crippen LogP contribution in [0.15, 0.2) is 24.3 Å². The Morgan fingerprint density at radius 3 is 2.28 bits per heavy atom. The molecule has 1 heterocycles. The van der Waals surface area contributed by atoms with E-state index in [4.69, 9.17) is 0 Å². The Labute approximate surface area is 146 Å². The normalized spacial score (nSPS) is 22.7. The first-order valence-electron chi connectivity index (χ1n) is 8.74. The lowest BCUT2D eigenvalue weighted by molar-refractivity contribution is -0.140. The maximum Gasteiger partial charge on any atom is 0.233 e. The van der Waals surface area contributed by atoms with E-state index < -0.39 is 0 Å². The van der Waals surface area contributed by atoms with Crippen molar-refractivity contribution in [1.82, 2.24) is 4.90 Å². The van der Waals surface area contributed by atoms with Crippen molar-refractivity contribution in [2.45, 2.75) is 39.0 Å². The number of ketones is 1. The Morgan fingerprint density at radius 2 is 1.68 bits per heavy atom. The molecule has 6 heteroatoms. The molecule has 6 nitrogen and oxygen atoms in total. The fourth-order valence-electron chi connectivity index (χ4n) is 3.78. The summed E-state index contributed by atoms with van der Waals surface area (Å²) in [6.45, 7) is 1.53. The van der Waals surface area contributed by atoms with Gasteiger partial charge < -0.3 is 5.32 Å². The molecule has 0 spiro atoms. The van der Waals surface area contributed by atoms with Crippen LogP contribution in [-0.2, 0) is 14.4 Å². The molecular formula is C19H22N2O4. The van der Waals surface area contributed by atoms with Gasteiger partial charge in [0, 0.05) is 18.5 Å². The van der Waals surface area contributed by atoms with Crippen molar-refractivity contribution in [3.63, 3.8) is 0 Å². The first-order valence-corrected chi connectivity index (χ1v) is 8.74. The Morgan fingerprint density at radius 1 is 1.08 bits per heavy atom. The molecule has 25 heavy (non-hydrogen) atoms. The van der Waals surface area contributed by atoms with Crippen LogP contribution in [0.25, 0.3) is 0 Å². The molecule has 3 rings (SSSR count). The zero-order valence-corrected chi connectivity index (χ0v) is 14.3. The number of rotatable bonds is 5.